The molecule has 0 saturated carbocycles. The Kier molecular flexibility index (Phi) is 5.71. The van der Waals surface area contributed by atoms with E-state index in [9.17, 15) is 4.79 Å². The molecule has 0 aliphatic carbocycles. The Morgan fingerprint density at radius 1 is 1.29 bits per heavy atom. The van der Waals surface area contributed by atoms with Gasteiger partial charge in [-0.2, -0.15) is 0 Å². The molecule has 1 aromatic carbocycles. The van der Waals surface area contributed by atoms with Gasteiger partial charge in [0.1, 0.15) is 0 Å². The van der Waals surface area contributed by atoms with E-state index in [2.05, 4.69) is 20.6 Å². The number of anilines is 1. The summed E-state index contributed by atoms with van der Waals surface area (Å²) in [7, 11) is 1.83. The lowest BCUT2D eigenvalue weighted by molar-refractivity contribution is -0.116. The number of aromatic nitrogens is 2. The van der Waals surface area contributed by atoms with E-state index < -0.39 is 0 Å². The van der Waals surface area contributed by atoms with Crippen LogP contribution in [-0.2, 0) is 4.79 Å². The summed E-state index contributed by atoms with van der Waals surface area (Å²) in [5, 5.41) is 6.58. The smallest absolute Gasteiger partial charge is 0.225 e. The van der Waals surface area contributed by atoms with Gasteiger partial charge in [0.25, 0.3) is 0 Å². The van der Waals surface area contributed by atoms with Crippen molar-refractivity contribution >= 4 is 23.4 Å². The number of benzene rings is 1. The highest BCUT2D eigenvalue weighted by atomic mass is 32.2. The Morgan fingerprint density at radius 3 is 2.71 bits per heavy atom. The SMILES string of the molecule is CNCCC(=O)Nc1ccc(Sc2ncccn2)cc1C. The second-order valence-electron chi connectivity index (χ2n) is 4.51. The Morgan fingerprint density at radius 2 is 2.05 bits per heavy atom. The predicted molar refractivity (Wildman–Crippen MR) is 84.5 cm³/mol. The van der Waals surface area contributed by atoms with Crippen molar-refractivity contribution < 1.29 is 4.79 Å². The Hall–Kier alpha value is -1.92. The molecule has 0 saturated heterocycles. The molecule has 1 heterocycles. The minimum atomic E-state index is 0.0132. The number of hydrogen-bond donors (Lipinski definition) is 2. The van der Waals surface area contributed by atoms with Crippen LogP contribution in [0.15, 0.2) is 46.7 Å². The van der Waals surface area contributed by atoms with Gasteiger partial charge in [-0.25, -0.2) is 9.97 Å². The molecule has 0 spiro atoms. The summed E-state index contributed by atoms with van der Waals surface area (Å²) in [6.45, 7) is 2.65. The zero-order chi connectivity index (χ0) is 15.1. The fourth-order valence-corrected chi connectivity index (χ4v) is 2.54. The third-order valence-corrected chi connectivity index (χ3v) is 3.71. The van der Waals surface area contributed by atoms with Crippen LogP contribution in [0.3, 0.4) is 0 Å². The van der Waals surface area contributed by atoms with Crippen molar-refractivity contribution in [1.82, 2.24) is 15.3 Å². The van der Waals surface area contributed by atoms with Crippen LogP contribution >= 0.6 is 11.8 Å². The summed E-state index contributed by atoms with van der Waals surface area (Å²) >= 11 is 1.50. The maximum atomic E-state index is 11.7. The van der Waals surface area contributed by atoms with E-state index in [-0.39, 0.29) is 5.91 Å². The molecule has 0 bridgehead atoms. The topological polar surface area (TPSA) is 66.9 Å². The Balaban J connectivity index is 2.02. The predicted octanol–water partition coefficient (Wildman–Crippen LogP) is 2.48. The second kappa shape index (κ2) is 7.75. The molecule has 0 unspecified atom stereocenters. The van der Waals surface area contributed by atoms with Gasteiger partial charge in [0.15, 0.2) is 5.16 Å². The molecule has 2 aromatic rings. The summed E-state index contributed by atoms with van der Waals surface area (Å²) in [5.41, 5.74) is 1.86. The zero-order valence-corrected chi connectivity index (χ0v) is 12.9. The normalized spacial score (nSPS) is 10.4. The number of carbonyl (C=O) groups is 1. The van der Waals surface area contributed by atoms with Crippen molar-refractivity contribution in [2.45, 2.75) is 23.4 Å². The summed E-state index contributed by atoms with van der Waals surface area (Å²) in [4.78, 5) is 21.1. The number of amides is 1. The van der Waals surface area contributed by atoms with E-state index in [4.69, 9.17) is 0 Å². The van der Waals surface area contributed by atoms with Crippen LogP contribution in [0.4, 0.5) is 5.69 Å². The van der Waals surface area contributed by atoms with Crippen molar-refractivity contribution in [1.29, 1.82) is 0 Å². The van der Waals surface area contributed by atoms with E-state index in [0.717, 1.165) is 16.1 Å². The maximum Gasteiger partial charge on any atom is 0.225 e. The monoisotopic (exact) mass is 302 g/mol. The van der Waals surface area contributed by atoms with Crippen molar-refractivity contribution in [2.24, 2.45) is 0 Å². The molecule has 2 N–H and O–H groups in total. The Labute approximate surface area is 128 Å². The van der Waals surface area contributed by atoms with Crippen molar-refractivity contribution in [2.75, 3.05) is 18.9 Å². The van der Waals surface area contributed by atoms with E-state index in [1.165, 1.54) is 11.8 Å². The van der Waals surface area contributed by atoms with Crippen LogP contribution in [0, 0.1) is 6.92 Å². The number of rotatable bonds is 6. The highest BCUT2D eigenvalue weighted by molar-refractivity contribution is 7.99. The lowest BCUT2D eigenvalue weighted by atomic mass is 10.2. The van der Waals surface area contributed by atoms with Gasteiger partial charge < -0.3 is 10.6 Å². The van der Waals surface area contributed by atoms with E-state index >= 15 is 0 Å². The highest BCUT2D eigenvalue weighted by Crippen LogP contribution is 2.27. The molecule has 0 atom stereocenters. The first-order valence-corrected chi connectivity index (χ1v) is 7.50. The third kappa shape index (κ3) is 4.84. The van der Waals surface area contributed by atoms with Crippen LogP contribution < -0.4 is 10.6 Å². The number of nitrogens with one attached hydrogen (secondary N) is 2. The molecule has 0 fully saturated rings. The van der Waals surface area contributed by atoms with Gasteiger partial charge in [-0.1, -0.05) is 0 Å². The molecule has 0 radical (unpaired) electrons. The molecular formula is C15H18N4OS. The standard InChI is InChI=1S/C15H18N4OS/c1-11-10-12(21-15-17-7-3-8-18-15)4-5-13(11)19-14(20)6-9-16-2/h3-5,7-8,10,16H,6,9H2,1-2H3,(H,19,20). The average Bonchev–Trinajstić information content (AvgIpc) is 2.49. The number of carbonyl (C=O) groups excluding carboxylic acids is 1. The first kappa shape index (κ1) is 15.5. The number of hydrogen-bond acceptors (Lipinski definition) is 5. The van der Waals surface area contributed by atoms with Gasteiger partial charge >= 0.3 is 0 Å². The van der Waals surface area contributed by atoms with Gasteiger partial charge in [0.2, 0.25) is 5.91 Å². The van der Waals surface area contributed by atoms with E-state index in [0.29, 0.717) is 18.1 Å². The highest BCUT2D eigenvalue weighted by Gasteiger charge is 2.06. The fraction of sp³-hybridized carbons (Fsp3) is 0.267. The molecule has 0 aliphatic rings. The van der Waals surface area contributed by atoms with Crippen LogP contribution in [0.25, 0.3) is 0 Å². The molecule has 21 heavy (non-hydrogen) atoms. The molecule has 110 valence electrons. The zero-order valence-electron chi connectivity index (χ0n) is 12.1. The molecule has 1 aromatic heterocycles. The average molecular weight is 302 g/mol. The van der Waals surface area contributed by atoms with E-state index in [1.807, 2.05) is 32.2 Å². The minimum absolute atomic E-state index is 0.0132. The summed E-state index contributed by atoms with van der Waals surface area (Å²) < 4.78 is 0. The van der Waals surface area contributed by atoms with Crippen molar-refractivity contribution in [3.05, 3.63) is 42.2 Å². The van der Waals surface area contributed by atoms with Gasteiger partial charge in [-0.3, -0.25) is 4.79 Å². The summed E-state index contributed by atoms with van der Waals surface area (Å²) in [5.74, 6) is 0.0132. The van der Waals surface area contributed by atoms with Crippen LogP contribution in [0.2, 0.25) is 0 Å². The van der Waals surface area contributed by atoms with Gasteiger partial charge in [0.05, 0.1) is 0 Å². The summed E-state index contributed by atoms with van der Waals surface area (Å²) in [6.07, 6.45) is 3.90. The van der Waals surface area contributed by atoms with Gasteiger partial charge in [-0.15, -0.1) is 0 Å². The largest absolute Gasteiger partial charge is 0.326 e. The number of nitrogens with zero attached hydrogens (tertiary/aromatic N) is 2. The molecule has 5 nitrogen and oxygen atoms in total. The fourth-order valence-electron chi connectivity index (χ4n) is 1.73. The lowest BCUT2D eigenvalue weighted by Gasteiger charge is -2.09. The van der Waals surface area contributed by atoms with Crippen molar-refractivity contribution in [3.8, 4) is 0 Å². The van der Waals surface area contributed by atoms with Gasteiger partial charge in [0, 0.05) is 35.9 Å². The van der Waals surface area contributed by atoms with Crippen LogP contribution in [0.1, 0.15) is 12.0 Å². The van der Waals surface area contributed by atoms with Crippen LogP contribution in [0.5, 0.6) is 0 Å². The molecule has 1 amide bonds. The second-order valence-corrected chi connectivity index (χ2v) is 5.55. The number of aryl methyl sites for hydroxylation is 1. The van der Waals surface area contributed by atoms with E-state index in [1.54, 1.807) is 18.5 Å². The minimum Gasteiger partial charge on any atom is -0.326 e. The van der Waals surface area contributed by atoms with Crippen LogP contribution in [-0.4, -0.2) is 29.5 Å². The molecule has 6 heteroatoms. The summed E-state index contributed by atoms with van der Waals surface area (Å²) in [6, 6.07) is 7.69. The molecular weight excluding hydrogens is 284 g/mol. The Bertz CT molecular complexity index is 604. The van der Waals surface area contributed by atoms with Gasteiger partial charge in [-0.05, 0) is 55.6 Å². The first-order valence-electron chi connectivity index (χ1n) is 6.69. The molecule has 2 rings (SSSR count). The maximum absolute atomic E-state index is 11.7. The quantitative estimate of drug-likeness (QED) is 0.803. The lowest BCUT2D eigenvalue weighted by Crippen LogP contribution is -2.19. The third-order valence-electron chi connectivity index (χ3n) is 2.83. The molecule has 0 aliphatic heterocycles. The first-order chi connectivity index (χ1) is 10.2. The van der Waals surface area contributed by atoms with Crippen molar-refractivity contribution in [3.63, 3.8) is 0 Å².